The number of hydrogen-bond donors (Lipinski definition) is 1. The maximum atomic E-state index is 11.9. The van der Waals surface area contributed by atoms with E-state index < -0.39 is 60.7 Å². The molecule has 2 aliphatic heterocycles. The Morgan fingerprint density at radius 2 is 1.57 bits per heavy atom. The number of nitrogens with zero attached hydrogens (tertiary/aromatic N) is 1. The molecule has 3 rings (SSSR count). The van der Waals surface area contributed by atoms with Crippen molar-refractivity contribution >= 4 is 45.5 Å². The fraction of sp³-hybridized carbons (Fsp3) is 0.522. The molecule has 14 heteroatoms. The Labute approximate surface area is 220 Å². The standard InChI is InChI=1S/C23H27BrN2O11/c1-11(27)31-10-19-20(33-12(2)28)21(34-13(3)29)22(35-14(4)30)23(36-19)32-9-16-7-18(26-37-16)17-6-5-15(24)8-25-17/h5-8,16,19-23,26H,9-10H2,1-4H3/t16-,19+,20+,21-,22+,23+/m0/s1. The fourth-order valence-corrected chi connectivity index (χ4v) is 3.90. The molecule has 0 aliphatic carbocycles. The third kappa shape index (κ3) is 8.21. The minimum atomic E-state index is -1.31. The highest BCUT2D eigenvalue weighted by atomic mass is 79.9. The molecule has 6 atom stereocenters. The predicted octanol–water partition coefficient (Wildman–Crippen LogP) is 1.19. The highest BCUT2D eigenvalue weighted by Crippen LogP contribution is 2.30. The van der Waals surface area contributed by atoms with Crippen molar-refractivity contribution < 1.29 is 52.4 Å². The minimum absolute atomic E-state index is 0.0826. The van der Waals surface area contributed by atoms with Crippen LogP contribution in [0.1, 0.15) is 33.4 Å². The number of pyridine rings is 1. The van der Waals surface area contributed by atoms with Crippen LogP contribution in [0.2, 0.25) is 0 Å². The van der Waals surface area contributed by atoms with Gasteiger partial charge < -0.3 is 28.4 Å². The molecule has 0 unspecified atom stereocenters. The average Bonchev–Trinajstić information content (AvgIpc) is 3.28. The Bertz CT molecular complexity index is 1030. The van der Waals surface area contributed by atoms with Crippen LogP contribution in [0, 0.1) is 0 Å². The molecular weight excluding hydrogens is 560 g/mol. The van der Waals surface area contributed by atoms with Crippen LogP contribution in [0.25, 0.3) is 5.70 Å². The van der Waals surface area contributed by atoms with Gasteiger partial charge >= 0.3 is 23.9 Å². The van der Waals surface area contributed by atoms with Gasteiger partial charge in [-0.05, 0) is 34.1 Å². The van der Waals surface area contributed by atoms with Gasteiger partial charge in [-0.15, -0.1) is 0 Å². The summed E-state index contributed by atoms with van der Waals surface area (Å²) in [6.07, 6.45) is -3.50. The molecule has 0 bridgehead atoms. The average molecular weight is 587 g/mol. The predicted molar refractivity (Wildman–Crippen MR) is 126 cm³/mol. The molecular formula is C23H27BrN2O11. The lowest BCUT2D eigenvalue weighted by molar-refractivity contribution is -0.311. The van der Waals surface area contributed by atoms with Crippen LogP contribution in [0.3, 0.4) is 0 Å². The smallest absolute Gasteiger partial charge is 0.303 e. The van der Waals surface area contributed by atoms with E-state index >= 15 is 0 Å². The molecule has 1 N–H and O–H groups in total. The second-order valence-electron chi connectivity index (χ2n) is 8.10. The van der Waals surface area contributed by atoms with Crippen LogP contribution < -0.4 is 5.48 Å². The maximum absolute atomic E-state index is 11.9. The monoisotopic (exact) mass is 586 g/mol. The van der Waals surface area contributed by atoms with Gasteiger partial charge in [-0.1, -0.05) is 0 Å². The molecule has 13 nitrogen and oxygen atoms in total. The number of esters is 4. The van der Waals surface area contributed by atoms with E-state index in [0.29, 0.717) is 11.4 Å². The highest BCUT2D eigenvalue weighted by molar-refractivity contribution is 9.10. The SMILES string of the molecule is CC(=O)OC[C@H]1O[C@@H](OC[C@@H]2C=C(c3ccc(Br)cn3)NO2)[C@H](OC(C)=O)[C@@H](OC(C)=O)[C@@H]1OC(C)=O. The van der Waals surface area contributed by atoms with Gasteiger partial charge in [-0.2, -0.15) is 0 Å². The van der Waals surface area contributed by atoms with Gasteiger partial charge in [0.15, 0.2) is 24.6 Å². The lowest BCUT2D eigenvalue weighted by atomic mass is 9.98. The van der Waals surface area contributed by atoms with E-state index in [0.717, 1.165) is 25.2 Å². The van der Waals surface area contributed by atoms with Crippen LogP contribution in [-0.4, -0.2) is 78.9 Å². The summed E-state index contributed by atoms with van der Waals surface area (Å²) in [4.78, 5) is 56.8. The van der Waals surface area contributed by atoms with Gasteiger partial charge in [-0.3, -0.25) is 34.5 Å². The number of carbonyl (C=O) groups excluding carboxylic acids is 4. The summed E-state index contributed by atoms with van der Waals surface area (Å²) in [7, 11) is 0. The molecule has 3 heterocycles. The third-order valence-electron chi connectivity index (χ3n) is 5.05. The van der Waals surface area contributed by atoms with Crippen LogP contribution in [0.5, 0.6) is 0 Å². The number of hydrogen-bond acceptors (Lipinski definition) is 13. The molecule has 0 amide bonds. The topological polar surface area (TPSA) is 158 Å². The molecule has 2 aliphatic rings. The molecule has 0 radical (unpaired) electrons. The Kier molecular flexibility index (Phi) is 9.97. The van der Waals surface area contributed by atoms with E-state index in [4.69, 9.17) is 33.3 Å². The molecule has 37 heavy (non-hydrogen) atoms. The number of nitrogens with one attached hydrogen (secondary N) is 1. The number of halogens is 1. The molecule has 0 spiro atoms. The van der Waals surface area contributed by atoms with Crippen LogP contribution in [0.15, 0.2) is 28.9 Å². The fourth-order valence-electron chi connectivity index (χ4n) is 3.66. The summed E-state index contributed by atoms with van der Waals surface area (Å²) in [6, 6.07) is 3.61. The zero-order valence-corrected chi connectivity index (χ0v) is 22.1. The first-order valence-corrected chi connectivity index (χ1v) is 12.0. The third-order valence-corrected chi connectivity index (χ3v) is 5.52. The van der Waals surface area contributed by atoms with Crippen LogP contribution in [-0.2, 0) is 52.4 Å². The van der Waals surface area contributed by atoms with Crippen molar-refractivity contribution in [1.29, 1.82) is 0 Å². The van der Waals surface area contributed by atoms with Gasteiger partial charge in [0.25, 0.3) is 0 Å². The largest absolute Gasteiger partial charge is 0.463 e. The molecule has 1 aromatic rings. The first-order chi connectivity index (χ1) is 17.5. The van der Waals surface area contributed by atoms with E-state index in [9.17, 15) is 19.2 Å². The highest BCUT2D eigenvalue weighted by Gasteiger charge is 2.53. The summed E-state index contributed by atoms with van der Waals surface area (Å²) in [5.74, 6) is -2.78. The number of carbonyl (C=O) groups is 4. The van der Waals surface area contributed by atoms with Gasteiger partial charge in [0.05, 0.1) is 18.0 Å². The number of rotatable bonds is 9. The molecule has 1 fully saturated rings. The zero-order valence-electron chi connectivity index (χ0n) is 20.5. The number of aromatic nitrogens is 1. The van der Waals surface area contributed by atoms with Gasteiger partial charge in [0.1, 0.15) is 18.8 Å². The van der Waals surface area contributed by atoms with E-state index in [2.05, 4.69) is 26.4 Å². The first-order valence-electron chi connectivity index (χ1n) is 11.2. The summed E-state index contributed by atoms with van der Waals surface area (Å²) >= 11 is 3.33. The van der Waals surface area contributed by atoms with Crippen molar-refractivity contribution in [3.63, 3.8) is 0 Å². The summed E-state index contributed by atoms with van der Waals surface area (Å²) in [5, 5.41) is 0. The summed E-state index contributed by atoms with van der Waals surface area (Å²) in [5.41, 5.74) is 4.02. The van der Waals surface area contributed by atoms with Crippen molar-refractivity contribution in [2.75, 3.05) is 13.2 Å². The van der Waals surface area contributed by atoms with Crippen molar-refractivity contribution in [2.24, 2.45) is 0 Å². The number of hydroxylamine groups is 1. The Morgan fingerprint density at radius 3 is 2.16 bits per heavy atom. The molecule has 1 saturated heterocycles. The number of ether oxygens (including phenoxy) is 6. The van der Waals surface area contributed by atoms with Crippen molar-refractivity contribution in [1.82, 2.24) is 10.5 Å². The Hall–Kier alpha value is -3.07. The van der Waals surface area contributed by atoms with E-state index in [-0.39, 0.29) is 13.2 Å². The maximum Gasteiger partial charge on any atom is 0.303 e. The van der Waals surface area contributed by atoms with Crippen molar-refractivity contribution in [3.05, 3.63) is 34.6 Å². The quantitative estimate of drug-likeness (QED) is 0.325. The van der Waals surface area contributed by atoms with Crippen molar-refractivity contribution in [2.45, 2.75) is 64.5 Å². The zero-order chi connectivity index (χ0) is 27.1. The van der Waals surface area contributed by atoms with Gasteiger partial charge in [0, 0.05) is 38.4 Å². The summed E-state index contributed by atoms with van der Waals surface area (Å²) in [6.45, 7) is 4.20. The van der Waals surface area contributed by atoms with Crippen molar-refractivity contribution in [3.8, 4) is 0 Å². The molecule has 0 aromatic carbocycles. The molecule has 202 valence electrons. The summed E-state index contributed by atoms with van der Waals surface area (Å²) < 4.78 is 33.7. The minimum Gasteiger partial charge on any atom is -0.463 e. The molecule has 0 saturated carbocycles. The van der Waals surface area contributed by atoms with Gasteiger partial charge in [-0.25, -0.2) is 0 Å². The van der Waals surface area contributed by atoms with Gasteiger partial charge in [0.2, 0.25) is 0 Å². The van der Waals surface area contributed by atoms with Crippen LogP contribution in [0.4, 0.5) is 0 Å². The second-order valence-corrected chi connectivity index (χ2v) is 9.02. The van der Waals surface area contributed by atoms with E-state index in [1.54, 1.807) is 18.3 Å². The van der Waals surface area contributed by atoms with E-state index in [1.165, 1.54) is 6.92 Å². The Balaban J connectivity index is 1.81. The first kappa shape index (κ1) is 28.5. The van der Waals surface area contributed by atoms with Crippen LogP contribution >= 0.6 is 15.9 Å². The lowest BCUT2D eigenvalue weighted by Crippen LogP contribution is -2.63. The normalized spacial score (nSPS) is 26.9. The van der Waals surface area contributed by atoms with E-state index in [1.807, 2.05) is 6.07 Å². The second kappa shape index (κ2) is 12.9. The molecule has 1 aromatic heterocycles. The lowest BCUT2D eigenvalue weighted by Gasteiger charge is -2.44. The Morgan fingerprint density at radius 1 is 0.919 bits per heavy atom.